The van der Waals surface area contributed by atoms with Gasteiger partial charge in [0.1, 0.15) is 0 Å². The highest BCUT2D eigenvalue weighted by Gasteiger charge is 2.22. The molecule has 3 unspecified atom stereocenters. The average molecular weight is 316 g/mol. The number of hydrogen-bond acceptors (Lipinski definition) is 3. The van der Waals surface area contributed by atoms with E-state index in [2.05, 4.69) is 12.2 Å². The second-order valence-corrected chi connectivity index (χ2v) is 6.18. The number of nitrogens with one attached hydrogen (secondary N) is 1. The molecule has 1 aromatic rings. The maximum Gasteiger partial charge on any atom is 0.164 e. The molecule has 2 N–H and O–H groups in total. The van der Waals surface area contributed by atoms with Crippen molar-refractivity contribution in [2.24, 2.45) is 5.92 Å². The van der Waals surface area contributed by atoms with E-state index >= 15 is 0 Å². The third kappa shape index (κ3) is 4.83. The SMILES string of the molecule is CC1CCCCC1OCC(O)CNc1cccc(Cl)c1F. The largest absolute Gasteiger partial charge is 0.389 e. The third-order valence-electron chi connectivity index (χ3n) is 4.02. The summed E-state index contributed by atoms with van der Waals surface area (Å²) in [5.41, 5.74) is 0.299. The van der Waals surface area contributed by atoms with Crippen LogP contribution in [0.1, 0.15) is 32.6 Å². The van der Waals surface area contributed by atoms with Gasteiger partial charge in [0.05, 0.1) is 29.5 Å². The summed E-state index contributed by atoms with van der Waals surface area (Å²) < 4.78 is 19.5. The van der Waals surface area contributed by atoms with Gasteiger partial charge >= 0.3 is 0 Å². The maximum absolute atomic E-state index is 13.7. The van der Waals surface area contributed by atoms with Crippen molar-refractivity contribution in [3.05, 3.63) is 29.0 Å². The van der Waals surface area contributed by atoms with Gasteiger partial charge in [0, 0.05) is 6.54 Å². The van der Waals surface area contributed by atoms with E-state index in [1.165, 1.54) is 25.3 Å². The molecule has 0 radical (unpaired) electrons. The predicted molar refractivity (Wildman–Crippen MR) is 83.3 cm³/mol. The van der Waals surface area contributed by atoms with Gasteiger partial charge in [-0.3, -0.25) is 0 Å². The topological polar surface area (TPSA) is 41.5 Å². The number of anilines is 1. The summed E-state index contributed by atoms with van der Waals surface area (Å²) in [6.07, 6.45) is 4.27. The first-order valence-corrected chi connectivity index (χ1v) is 7.93. The lowest BCUT2D eigenvalue weighted by atomic mass is 9.88. The number of ether oxygens (including phenoxy) is 1. The number of benzene rings is 1. The molecule has 1 aliphatic rings. The molecule has 2 rings (SSSR count). The molecule has 0 saturated heterocycles. The normalized spacial score (nSPS) is 23.8. The Morgan fingerprint density at radius 1 is 1.43 bits per heavy atom. The lowest BCUT2D eigenvalue weighted by Crippen LogP contribution is -2.32. The van der Waals surface area contributed by atoms with Crippen molar-refractivity contribution in [1.82, 2.24) is 0 Å². The molecule has 0 spiro atoms. The standard InChI is InChI=1S/C16H23ClFNO2/c1-11-5-2-3-8-15(11)21-10-12(20)9-19-14-7-4-6-13(17)16(14)18/h4,6-7,11-12,15,19-20H,2-3,5,8-10H2,1H3. The van der Waals surface area contributed by atoms with Crippen LogP contribution in [0.4, 0.5) is 10.1 Å². The zero-order valence-corrected chi connectivity index (χ0v) is 13.1. The van der Waals surface area contributed by atoms with Crippen LogP contribution in [0.25, 0.3) is 0 Å². The summed E-state index contributed by atoms with van der Waals surface area (Å²) in [6.45, 7) is 2.69. The maximum atomic E-state index is 13.7. The number of halogens is 2. The fourth-order valence-corrected chi connectivity index (χ4v) is 2.87. The van der Waals surface area contributed by atoms with Crippen molar-refractivity contribution in [3.63, 3.8) is 0 Å². The van der Waals surface area contributed by atoms with E-state index in [9.17, 15) is 9.50 Å². The Labute approximate surface area is 130 Å². The number of rotatable bonds is 6. The highest BCUT2D eigenvalue weighted by Crippen LogP contribution is 2.26. The van der Waals surface area contributed by atoms with E-state index in [0.29, 0.717) is 11.6 Å². The first kappa shape index (κ1) is 16.5. The quantitative estimate of drug-likeness (QED) is 0.838. The molecule has 1 aromatic carbocycles. The highest BCUT2D eigenvalue weighted by molar-refractivity contribution is 6.31. The molecule has 3 atom stereocenters. The van der Waals surface area contributed by atoms with Crippen LogP contribution in [0.15, 0.2) is 18.2 Å². The second-order valence-electron chi connectivity index (χ2n) is 5.77. The summed E-state index contributed by atoms with van der Waals surface area (Å²) >= 11 is 5.71. The number of aliphatic hydroxyl groups excluding tert-OH is 1. The van der Waals surface area contributed by atoms with Gasteiger partial charge in [0.15, 0.2) is 5.82 Å². The zero-order valence-electron chi connectivity index (χ0n) is 12.3. The number of aliphatic hydroxyl groups is 1. The number of hydrogen-bond donors (Lipinski definition) is 2. The van der Waals surface area contributed by atoms with Crippen molar-refractivity contribution in [3.8, 4) is 0 Å². The molecular weight excluding hydrogens is 293 g/mol. The van der Waals surface area contributed by atoms with Crippen molar-refractivity contribution in [1.29, 1.82) is 0 Å². The molecule has 3 nitrogen and oxygen atoms in total. The third-order valence-corrected chi connectivity index (χ3v) is 4.31. The van der Waals surface area contributed by atoms with Crippen molar-refractivity contribution < 1.29 is 14.2 Å². The van der Waals surface area contributed by atoms with E-state index in [1.54, 1.807) is 12.1 Å². The molecule has 0 aromatic heterocycles. The molecule has 5 heteroatoms. The molecule has 0 aliphatic heterocycles. The molecule has 0 bridgehead atoms. The second kappa shape index (κ2) is 7.97. The first-order valence-electron chi connectivity index (χ1n) is 7.55. The van der Waals surface area contributed by atoms with Gasteiger partial charge in [-0.2, -0.15) is 0 Å². The molecular formula is C16H23ClFNO2. The van der Waals surface area contributed by atoms with Gasteiger partial charge in [-0.1, -0.05) is 37.4 Å². The van der Waals surface area contributed by atoms with Gasteiger partial charge in [-0.15, -0.1) is 0 Å². The monoisotopic (exact) mass is 315 g/mol. The predicted octanol–water partition coefficient (Wildman–Crippen LogP) is 3.85. The zero-order chi connectivity index (χ0) is 15.2. The van der Waals surface area contributed by atoms with E-state index < -0.39 is 11.9 Å². The smallest absolute Gasteiger partial charge is 0.164 e. The van der Waals surface area contributed by atoms with Crippen LogP contribution in [-0.2, 0) is 4.74 Å². The summed E-state index contributed by atoms with van der Waals surface area (Å²) in [5.74, 6) is 0.0532. The molecule has 0 amide bonds. The van der Waals surface area contributed by atoms with Crippen molar-refractivity contribution in [2.45, 2.75) is 44.8 Å². The van der Waals surface area contributed by atoms with Gasteiger partial charge in [-0.05, 0) is 30.9 Å². The Bertz CT molecular complexity index is 458. The minimum atomic E-state index is -0.669. The fourth-order valence-electron chi connectivity index (χ4n) is 2.69. The van der Waals surface area contributed by atoms with Gasteiger partial charge in [0.25, 0.3) is 0 Å². The van der Waals surface area contributed by atoms with Crippen LogP contribution in [0.3, 0.4) is 0 Å². The Balaban J connectivity index is 1.74. The first-order chi connectivity index (χ1) is 10.1. The van der Waals surface area contributed by atoms with Gasteiger partial charge in [-0.25, -0.2) is 4.39 Å². The lowest BCUT2D eigenvalue weighted by molar-refractivity contribution is -0.0424. The Morgan fingerprint density at radius 3 is 2.95 bits per heavy atom. The summed E-state index contributed by atoms with van der Waals surface area (Å²) in [5, 5.41) is 12.9. The van der Waals surface area contributed by atoms with Crippen LogP contribution in [-0.4, -0.2) is 30.5 Å². The van der Waals surface area contributed by atoms with Crippen molar-refractivity contribution >= 4 is 17.3 Å². The summed E-state index contributed by atoms with van der Waals surface area (Å²) in [7, 11) is 0. The summed E-state index contributed by atoms with van der Waals surface area (Å²) in [4.78, 5) is 0. The highest BCUT2D eigenvalue weighted by atomic mass is 35.5. The van der Waals surface area contributed by atoms with Gasteiger partial charge in [0.2, 0.25) is 0 Å². The fraction of sp³-hybridized carbons (Fsp3) is 0.625. The summed E-state index contributed by atoms with van der Waals surface area (Å²) in [6, 6.07) is 4.75. The average Bonchev–Trinajstić information content (AvgIpc) is 2.48. The van der Waals surface area contributed by atoms with Crippen LogP contribution in [0.5, 0.6) is 0 Å². The minimum absolute atomic E-state index is 0.0711. The lowest BCUT2D eigenvalue weighted by Gasteiger charge is -2.29. The molecule has 1 saturated carbocycles. The minimum Gasteiger partial charge on any atom is -0.389 e. The van der Waals surface area contributed by atoms with E-state index in [4.69, 9.17) is 16.3 Å². The van der Waals surface area contributed by atoms with Crippen LogP contribution in [0.2, 0.25) is 5.02 Å². The van der Waals surface area contributed by atoms with Crippen LogP contribution in [0, 0.1) is 11.7 Å². The Kier molecular flexibility index (Phi) is 6.27. The van der Waals surface area contributed by atoms with Crippen LogP contribution < -0.4 is 5.32 Å². The Hall–Kier alpha value is -0.840. The van der Waals surface area contributed by atoms with E-state index in [1.807, 2.05) is 0 Å². The Morgan fingerprint density at radius 2 is 2.19 bits per heavy atom. The molecule has 118 valence electrons. The van der Waals surface area contributed by atoms with Crippen molar-refractivity contribution in [2.75, 3.05) is 18.5 Å². The van der Waals surface area contributed by atoms with E-state index in [-0.39, 0.29) is 24.3 Å². The molecule has 1 fully saturated rings. The molecule has 1 aliphatic carbocycles. The van der Waals surface area contributed by atoms with E-state index in [0.717, 1.165) is 6.42 Å². The molecule has 0 heterocycles. The molecule has 21 heavy (non-hydrogen) atoms. The van der Waals surface area contributed by atoms with Crippen LogP contribution >= 0.6 is 11.6 Å². The van der Waals surface area contributed by atoms with Gasteiger partial charge < -0.3 is 15.2 Å².